The summed E-state index contributed by atoms with van der Waals surface area (Å²) in [5.74, 6) is -2.75. The average Bonchev–Trinajstić information content (AvgIpc) is 2.63. The zero-order valence-electron chi connectivity index (χ0n) is 14.4. The zero-order valence-corrected chi connectivity index (χ0v) is 14.4. The molecule has 0 bridgehead atoms. The minimum Gasteiger partial charge on any atom is -0.497 e. The van der Waals surface area contributed by atoms with Crippen LogP contribution in [0.1, 0.15) is 23.6 Å². The molecule has 6 heteroatoms. The predicted octanol–water partition coefficient (Wildman–Crippen LogP) is 2.70. The summed E-state index contributed by atoms with van der Waals surface area (Å²) in [6, 6.07) is 17.0. The molecule has 0 aliphatic heterocycles. The number of carboxylic acids is 2. The molecule has 0 unspecified atom stereocenters. The van der Waals surface area contributed by atoms with Gasteiger partial charge in [0.15, 0.2) is 0 Å². The molecule has 134 valence electrons. The van der Waals surface area contributed by atoms with E-state index in [1.165, 1.54) is 16.7 Å². The second-order valence-electron chi connectivity index (χ2n) is 5.23. The van der Waals surface area contributed by atoms with Crippen LogP contribution in [0.5, 0.6) is 5.75 Å². The van der Waals surface area contributed by atoms with Crippen LogP contribution in [-0.2, 0) is 29.1 Å². The summed E-state index contributed by atoms with van der Waals surface area (Å²) in [4.78, 5) is 18.2. The molecule has 0 radical (unpaired) electrons. The van der Waals surface area contributed by atoms with Gasteiger partial charge in [-0.05, 0) is 35.2 Å². The molecule has 2 aromatic rings. The lowest BCUT2D eigenvalue weighted by atomic mass is 10.1. The third-order valence-electron chi connectivity index (χ3n) is 3.43. The van der Waals surface area contributed by atoms with Crippen molar-refractivity contribution < 1.29 is 24.5 Å². The Kier molecular flexibility index (Phi) is 8.74. The molecule has 0 saturated heterocycles. The fourth-order valence-corrected chi connectivity index (χ4v) is 1.99. The number of rotatable bonds is 6. The van der Waals surface area contributed by atoms with Crippen molar-refractivity contribution in [2.24, 2.45) is 0 Å². The Hall–Kier alpha value is -2.86. The van der Waals surface area contributed by atoms with E-state index in [9.17, 15) is 0 Å². The van der Waals surface area contributed by atoms with Crippen molar-refractivity contribution in [3.05, 3.63) is 65.2 Å². The summed E-state index contributed by atoms with van der Waals surface area (Å²) >= 11 is 0. The van der Waals surface area contributed by atoms with E-state index < -0.39 is 11.9 Å². The van der Waals surface area contributed by atoms with E-state index in [2.05, 4.69) is 48.6 Å². The first-order valence-corrected chi connectivity index (χ1v) is 7.84. The molecule has 0 aliphatic carbocycles. The van der Waals surface area contributed by atoms with Crippen molar-refractivity contribution in [1.29, 1.82) is 0 Å². The second-order valence-corrected chi connectivity index (χ2v) is 5.23. The summed E-state index contributed by atoms with van der Waals surface area (Å²) in [5.41, 5.74) is 3.98. The molecular formula is C19H23NO5. The maximum atomic E-state index is 9.10. The van der Waals surface area contributed by atoms with Crippen molar-refractivity contribution in [1.82, 2.24) is 5.32 Å². The summed E-state index contributed by atoms with van der Waals surface area (Å²) in [6.07, 6.45) is 1.10. The van der Waals surface area contributed by atoms with Crippen LogP contribution in [0.25, 0.3) is 0 Å². The minimum atomic E-state index is -1.82. The summed E-state index contributed by atoms with van der Waals surface area (Å²) in [5, 5.41) is 18.2. The van der Waals surface area contributed by atoms with Crippen molar-refractivity contribution >= 4 is 11.9 Å². The fraction of sp³-hybridized carbons (Fsp3) is 0.263. The van der Waals surface area contributed by atoms with Crippen LogP contribution in [0.15, 0.2) is 48.5 Å². The van der Waals surface area contributed by atoms with Crippen LogP contribution in [0.2, 0.25) is 0 Å². The number of carbonyl (C=O) groups is 2. The number of carboxylic acid groups (broad SMARTS) is 2. The molecule has 25 heavy (non-hydrogen) atoms. The quantitative estimate of drug-likeness (QED) is 0.697. The first kappa shape index (κ1) is 20.2. The Morgan fingerprint density at radius 2 is 1.24 bits per heavy atom. The number of methoxy groups -OCH3 is 1. The summed E-state index contributed by atoms with van der Waals surface area (Å²) in [7, 11) is 1.69. The summed E-state index contributed by atoms with van der Waals surface area (Å²) in [6.45, 7) is 3.95. The molecule has 6 nitrogen and oxygen atoms in total. The largest absolute Gasteiger partial charge is 0.497 e. The summed E-state index contributed by atoms with van der Waals surface area (Å²) < 4.78 is 5.14. The standard InChI is InChI=1S/C17H21NO.C2H2O4/c1-3-14-4-6-15(7-5-14)12-18-13-16-8-10-17(19-2)11-9-16;3-1(4)2(5)6/h4-11,18H,3,12-13H2,1-2H3;(H,3,4)(H,5,6). The van der Waals surface area contributed by atoms with Crippen molar-refractivity contribution in [3.63, 3.8) is 0 Å². The van der Waals surface area contributed by atoms with Crippen LogP contribution < -0.4 is 10.1 Å². The Morgan fingerprint density at radius 1 is 0.840 bits per heavy atom. The van der Waals surface area contributed by atoms with Crippen LogP contribution in [-0.4, -0.2) is 29.3 Å². The number of hydrogen-bond donors (Lipinski definition) is 3. The average molecular weight is 345 g/mol. The van der Waals surface area contributed by atoms with Gasteiger partial charge in [0, 0.05) is 13.1 Å². The molecular weight excluding hydrogens is 322 g/mol. The molecule has 0 aliphatic rings. The first-order valence-electron chi connectivity index (χ1n) is 7.84. The van der Waals surface area contributed by atoms with E-state index in [1.54, 1.807) is 7.11 Å². The maximum absolute atomic E-state index is 9.10. The Bertz CT molecular complexity index is 606. The molecule has 0 aromatic heterocycles. The SMILES string of the molecule is CCc1ccc(CNCc2ccc(OC)cc2)cc1.O=C(O)C(=O)O. The van der Waals surface area contributed by atoms with E-state index in [0.717, 1.165) is 25.3 Å². The highest BCUT2D eigenvalue weighted by Gasteiger charge is 2.04. The lowest BCUT2D eigenvalue weighted by Crippen LogP contribution is -2.12. The van der Waals surface area contributed by atoms with E-state index in [-0.39, 0.29) is 0 Å². The van der Waals surface area contributed by atoms with Crippen LogP contribution in [0.3, 0.4) is 0 Å². The molecule has 0 atom stereocenters. The van der Waals surface area contributed by atoms with Crippen molar-refractivity contribution in [2.45, 2.75) is 26.4 Å². The molecule has 0 heterocycles. The predicted molar refractivity (Wildman–Crippen MR) is 94.6 cm³/mol. The highest BCUT2D eigenvalue weighted by molar-refractivity contribution is 6.27. The number of benzene rings is 2. The van der Waals surface area contributed by atoms with Crippen LogP contribution in [0.4, 0.5) is 0 Å². The van der Waals surface area contributed by atoms with E-state index >= 15 is 0 Å². The molecule has 2 rings (SSSR count). The van der Waals surface area contributed by atoms with E-state index in [0.29, 0.717) is 0 Å². The van der Waals surface area contributed by atoms with Gasteiger partial charge in [-0.25, -0.2) is 9.59 Å². The number of hydrogen-bond acceptors (Lipinski definition) is 4. The lowest BCUT2D eigenvalue weighted by Gasteiger charge is -2.07. The van der Waals surface area contributed by atoms with Gasteiger partial charge in [-0.15, -0.1) is 0 Å². The molecule has 0 fully saturated rings. The monoisotopic (exact) mass is 345 g/mol. The van der Waals surface area contributed by atoms with Gasteiger partial charge in [0.1, 0.15) is 5.75 Å². The van der Waals surface area contributed by atoms with E-state index in [4.69, 9.17) is 24.5 Å². The molecule has 2 aromatic carbocycles. The van der Waals surface area contributed by atoms with Gasteiger partial charge in [0.25, 0.3) is 0 Å². The fourth-order valence-electron chi connectivity index (χ4n) is 1.99. The number of ether oxygens (including phenoxy) is 1. The van der Waals surface area contributed by atoms with Gasteiger partial charge in [-0.3, -0.25) is 0 Å². The Labute approximate surface area is 147 Å². The van der Waals surface area contributed by atoms with Crippen LogP contribution >= 0.6 is 0 Å². The highest BCUT2D eigenvalue weighted by Crippen LogP contribution is 2.11. The zero-order chi connectivity index (χ0) is 18.7. The maximum Gasteiger partial charge on any atom is 0.414 e. The molecule has 3 N–H and O–H groups in total. The Balaban J connectivity index is 0.000000450. The van der Waals surface area contributed by atoms with Gasteiger partial charge in [0.05, 0.1) is 7.11 Å². The van der Waals surface area contributed by atoms with Gasteiger partial charge in [0.2, 0.25) is 0 Å². The number of nitrogens with one attached hydrogen (secondary N) is 1. The number of aliphatic carboxylic acids is 2. The van der Waals surface area contributed by atoms with Gasteiger partial charge < -0.3 is 20.3 Å². The van der Waals surface area contributed by atoms with Crippen molar-refractivity contribution in [2.75, 3.05) is 7.11 Å². The lowest BCUT2D eigenvalue weighted by molar-refractivity contribution is -0.159. The Morgan fingerprint density at radius 3 is 1.60 bits per heavy atom. The second kappa shape index (κ2) is 10.8. The molecule has 0 amide bonds. The molecule has 0 spiro atoms. The molecule has 0 saturated carbocycles. The van der Waals surface area contributed by atoms with Gasteiger partial charge in [-0.1, -0.05) is 43.3 Å². The van der Waals surface area contributed by atoms with Crippen molar-refractivity contribution in [3.8, 4) is 5.75 Å². The van der Waals surface area contributed by atoms with Gasteiger partial charge in [-0.2, -0.15) is 0 Å². The third-order valence-corrected chi connectivity index (χ3v) is 3.43. The highest BCUT2D eigenvalue weighted by atomic mass is 16.5. The smallest absolute Gasteiger partial charge is 0.414 e. The minimum absolute atomic E-state index is 0.875. The number of aryl methyl sites for hydroxylation is 1. The first-order chi connectivity index (χ1) is 12.0. The van der Waals surface area contributed by atoms with Crippen LogP contribution in [0, 0.1) is 0 Å². The van der Waals surface area contributed by atoms with Gasteiger partial charge >= 0.3 is 11.9 Å². The third kappa shape index (κ3) is 7.99. The topological polar surface area (TPSA) is 95.9 Å². The van der Waals surface area contributed by atoms with E-state index in [1.807, 2.05) is 12.1 Å². The normalized spacial score (nSPS) is 9.68.